The molecule has 0 aromatic heterocycles. The van der Waals surface area contributed by atoms with E-state index < -0.39 is 0 Å². The van der Waals surface area contributed by atoms with Crippen molar-refractivity contribution < 1.29 is 0 Å². The van der Waals surface area contributed by atoms with Crippen molar-refractivity contribution in [2.24, 2.45) is 11.8 Å². The molecule has 2 fully saturated rings. The van der Waals surface area contributed by atoms with Crippen molar-refractivity contribution in [1.29, 1.82) is 0 Å². The SMILES string of the molecule is CC1CCCCN(CC2CCNCC2)C1. The van der Waals surface area contributed by atoms with Gasteiger partial charge >= 0.3 is 0 Å². The number of piperidine rings is 1. The van der Waals surface area contributed by atoms with Crippen LogP contribution in [0.1, 0.15) is 39.0 Å². The summed E-state index contributed by atoms with van der Waals surface area (Å²) in [6.45, 7) is 8.98. The second-order valence-electron chi connectivity index (χ2n) is 5.55. The fourth-order valence-electron chi connectivity index (χ4n) is 3.05. The highest BCUT2D eigenvalue weighted by atomic mass is 15.1. The largest absolute Gasteiger partial charge is 0.317 e. The van der Waals surface area contributed by atoms with Gasteiger partial charge in [0.15, 0.2) is 0 Å². The zero-order valence-corrected chi connectivity index (χ0v) is 10.2. The first-order valence-corrected chi connectivity index (χ1v) is 6.77. The Balaban J connectivity index is 1.76. The van der Waals surface area contributed by atoms with Crippen molar-refractivity contribution in [3.8, 4) is 0 Å². The lowest BCUT2D eigenvalue weighted by Gasteiger charge is -2.30. The fourth-order valence-corrected chi connectivity index (χ4v) is 3.05. The van der Waals surface area contributed by atoms with Gasteiger partial charge in [0.25, 0.3) is 0 Å². The van der Waals surface area contributed by atoms with Gasteiger partial charge in [-0.3, -0.25) is 0 Å². The lowest BCUT2D eigenvalue weighted by atomic mass is 9.97. The Kier molecular flexibility index (Phi) is 4.45. The summed E-state index contributed by atoms with van der Waals surface area (Å²) in [4.78, 5) is 2.73. The second-order valence-corrected chi connectivity index (χ2v) is 5.55. The van der Waals surface area contributed by atoms with Crippen LogP contribution in [0.4, 0.5) is 0 Å². The quantitative estimate of drug-likeness (QED) is 0.751. The summed E-state index contributed by atoms with van der Waals surface area (Å²) in [6.07, 6.45) is 7.11. The van der Waals surface area contributed by atoms with E-state index in [0.29, 0.717) is 0 Å². The summed E-state index contributed by atoms with van der Waals surface area (Å²) in [6, 6.07) is 0. The molecule has 0 saturated carbocycles. The standard InChI is InChI=1S/C13H26N2/c1-12-4-2-3-9-15(10-12)11-13-5-7-14-8-6-13/h12-14H,2-11H2,1H3. The van der Waals surface area contributed by atoms with Gasteiger partial charge in [0.1, 0.15) is 0 Å². The van der Waals surface area contributed by atoms with Gasteiger partial charge in [0.05, 0.1) is 0 Å². The Morgan fingerprint density at radius 2 is 1.93 bits per heavy atom. The molecule has 2 aliphatic rings. The number of hydrogen-bond acceptors (Lipinski definition) is 2. The third kappa shape index (κ3) is 3.76. The number of nitrogens with zero attached hydrogens (tertiary/aromatic N) is 1. The predicted molar refractivity (Wildman–Crippen MR) is 65.0 cm³/mol. The normalized spacial score (nSPS) is 31.4. The van der Waals surface area contributed by atoms with Gasteiger partial charge in [0, 0.05) is 13.1 Å². The Morgan fingerprint density at radius 1 is 1.13 bits per heavy atom. The molecule has 15 heavy (non-hydrogen) atoms. The number of rotatable bonds is 2. The average Bonchev–Trinajstić information content (AvgIpc) is 2.44. The van der Waals surface area contributed by atoms with E-state index in [1.54, 1.807) is 0 Å². The maximum Gasteiger partial charge on any atom is 0.00107 e. The minimum absolute atomic E-state index is 0.925. The van der Waals surface area contributed by atoms with Gasteiger partial charge in [-0.1, -0.05) is 13.3 Å². The van der Waals surface area contributed by atoms with E-state index >= 15 is 0 Å². The number of likely N-dealkylation sites (tertiary alicyclic amines) is 1. The molecule has 2 saturated heterocycles. The lowest BCUT2D eigenvalue weighted by molar-refractivity contribution is 0.195. The van der Waals surface area contributed by atoms with Crippen molar-refractivity contribution in [3.63, 3.8) is 0 Å². The van der Waals surface area contributed by atoms with E-state index in [0.717, 1.165) is 11.8 Å². The molecular weight excluding hydrogens is 184 g/mol. The molecule has 1 unspecified atom stereocenters. The molecule has 0 aliphatic carbocycles. The Labute approximate surface area is 94.4 Å². The highest BCUT2D eigenvalue weighted by Gasteiger charge is 2.19. The molecule has 0 bridgehead atoms. The second kappa shape index (κ2) is 5.86. The molecule has 2 heteroatoms. The minimum Gasteiger partial charge on any atom is -0.317 e. The van der Waals surface area contributed by atoms with Crippen LogP contribution in [0.15, 0.2) is 0 Å². The molecule has 2 nitrogen and oxygen atoms in total. The summed E-state index contributed by atoms with van der Waals surface area (Å²) >= 11 is 0. The van der Waals surface area contributed by atoms with E-state index in [1.807, 2.05) is 0 Å². The Bertz CT molecular complexity index is 175. The molecular formula is C13H26N2. The van der Waals surface area contributed by atoms with Gasteiger partial charge in [-0.05, 0) is 57.2 Å². The third-order valence-electron chi connectivity index (χ3n) is 3.97. The van der Waals surface area contributed by atoms with Crippen LogP contribution in [-0.4, -0.2) is 37.6 Å². The number of hydrogen-bond donors (Lipinski definition) is 1. The van der Waals surface area contributed by atoms with E-state index in [1.165, 1.54) is 64.8 Å². The van der Waals surface area contributed by atoms with Crippen LogP contribution >= 0.6 is 0 Å². The summed E-state index contributed by atoms with van der Waals surface area (Å²) in [5, 5.41) is 3.45. The third-order valence-corrected chi connectivity index (χ3v) is 3.97. The minimum atomic E-state index is 0.925. The predicted octanol–water partition coefficient (Wildman–Crippen LogP) is 2.11. The molecule has 2 aliphatic heterocycles. The molecule has 2 rings (SSSR count). The smallest absolute Gasteiger partial charge is 0.00107 e. The molecule has 0 amide bonds. The van der Waals surface area contributed by atoms with Crippen LogP contribution < -0.4 is 5.32 Å². The maximum atomic E-state index is 3.45. The van der Waals surface area contributed by atoms with Crippen molar-refractivity contribution >= 4 is 0 Å². The van der Waals surface area contributed by atoms with Gasteiger partial charge in [-0.2, -0.15) is 0 Å². The van der Waals surface area contributed by atoms with Crippen molar-refractivity contribution in [3.05, 3.63) is 0 Å². The van der Waals surface area contributed by atoms with Crippen molar-refractivity contribution in [2.75, 3.05) is 32.7 Å². The van der Waals surface area contributed by atoms with Crippen LogP contribution in [0, 0.1) is 11.8 Å². The van der Waals surface area contributed by atoms with E-state index in [9.17, 15) is 0 Å². The highest BCUT2D eigenvalue weighted by Crippen LogP contribution is 2.19. The molecule has 88 valence electrons. The Morgan fingerprint density at radius 3 is 2.73 bits per heavy atom. The lowest BCUT2D eigenvalue weighted by Crippen LogP contribution is -2.37. The molecule has 2 heterocycles. The van der Waals surface area contributed by atoms with Gasteiger partial charge < -0.3 is 10.2 Å². The molecule has 1 atom stereocenters. The van der Waals surface area contributed by atoms with Crippen molar-refractivity contribution in [2.45, 2.75) is 39.0 Å². The summed E-state index contributed by atoms with van der Waals surface area (Å²) in [5.41, 5.74) is 0. The zero-order chi connectivity index (χ0) is 10.5. The molecule has 0 spiro atoms. The summed E-state index contributed by atoms with van der Waals surface area (Å²) in [5.74, 6) is 1.89. The Hall–Kier alpha value is -0.0800. The van der Waals surface area contributed by atoms with E-state index in [2.05, 4.69) is 17.1 Å². The van der Waals surface area contributed by atoms with Crippen LogP contribution in [-0.2, 0) is 0 Å². The van der Waals surface area contributed by atoms with Gasteiger partial charge in [0.2, 0.25) is 0 Å². The first-order valence-electron chi connectivity index (χ1n) is 6.77. The molecule has 0 aromatic carbocycles. The molecule has 0 aromatic rings. The monoisotopic (exact) mass is 210 g/mol. The first-order chi connectivity index (χ1) is 7.34. The van der Waals surface area contributed by atoms with E-state index in [-0.39, 0.29) is 0 Å². The van der Waals surface area contributed by atoms with Gasteiger partial charge in [-0.15, -0.1) is 0 Å². The van der Waals surface area contributed by atoms with Crippen molar-refractivity contribution in [1.82, 2.24) is 10.2 Å². The average molecular weight is 210 g/mol. The van der Waals surface area contributed by atoms with E-state index in [4.69, 9.17) is 0 Å². The van der Waals surface area contributed by atoms with Crippen LogP contribution in [0.3, 0.4) is 0 Å². The first kappa shape index (κ1) is 11.4. The zero-order valence-electron chi connectivity index (χ0n) is 10.2. The molecule has 0 radical (unpaired) electrons. The molecule has 1 N–H and O–H groups in total. The van der Waals surface area contributed by atoms with Gasteiger partial charge in [-0.25, -0.2) is 0 Å². The maximum absolute atomic E-state index is 3.45. The van der Waals surface area contributed by atoms with Crippen LogP contribution in [0.5, 0.6) is 0 Å². The highest BCUT2D eigenvalue weighted by molar-refractivity contribution is 4.75. The van der Waals surface area contributed by atoms with Crippen LogP contribution in [0.2, 0.25) is 0 Å². The number of nitrogens with one attached hydrogen (secondary N) is 1. The van der Waals surface area contributed by atoms with Crippen LogP contribution in [0.25, 0.3) is 0 Å². The summed E-state index contributed by atoms with van der Waals surface area (Å²) < 4.78 is 0. The summed E-state index contributed by atoms with van der Waals surface area (Å²) in [7, 11) is 0. The fraction of sp³-hybridized carbons (Fsp3) is 1.00. The topological polar surface area (TPSA) is 15.3 Å².